The zero-order valence-corrected chi connectivity index (χ0v) is 15.2. The van der Waals surface area contributed by atoms with E-state index in [1.165, 1.54) is 6.42 Å². The van der Waals surface area contributed by atoms with E-state index in [2.05, 4.69) is 26.0 Å². The van der Waals surface area contributed by atoms with Gasteiger partial charge in [-0.05, 0) is 25.3 Å². The molecule has 0 amide bonds. The van der Waals surface area contributed by atoms with E-state index in [1.54, 1.807) is 0 Å². The average molecular weight is 415 g/mol. The fourth-order valence-corrected chi connectivity index (χ4v) is 4.19. The van der Waals surface area contributed by atoms with Crippen molar-refractivity contribution >= 4 is 50.0 Å². The third-order valence-corrected chi connectivity index (χ3v) is 5.58. The number of hydrogen-bond acceptors (Lipinski definition) is 2. The van der Waals surface area contributed by atoms with Gasteiger partial charge in [0.2, 0.25) is 0 Å². The van der Waals surface area contributed by atoms with Crippen LogP contribution in [0.15, 0.2) is 29.1 Å². The molecule has 23 heavy (non-hydrogen) atoms. The standard InChI is InChI=1S/C16H14BrCl2N3O/c17-11-5-12(18)15(19)16-14(11)10(7-20-16)9-6-21-22(8-9)13-3-1-2-4-23-13/h5-8,13,20H,1-4H2. The van der Waals surface area contributed by atoms with E-state index < -0.39 is 0 Å². The Bertz CT molecular complexity index is 868. The molecule has 1 unspecified atom stereocenters. The van der Waals surface area contributed by atoms with Gasteiger partial charge in [0.25, 0.3) is 0 Å². The van der Waals surface area contributed by atoms with Crippen LogP contribution in [0.4, 0.5) is 0 Å². The molecule has 2 aromatic heterocycles. The van der Waals surface area contributed by atoms with Gasteiger partial charge in [0.1, 0.15) is 6.23 Å². The molecule has 0 aliphatic carbocycles. The minimum Gasteiger partial charge on any atom is -0.359 e. The number of nitrogens with zero attached hydrogens (tertiary/aromatic N) is 2. The normalized spacial score (nSPS) is 18.7. The number of fused-ring (bicyclic) bond motifs is 1. The Balaban J connectivity index is 1.78. The first kappa shape index (κ1) is 15.5. The number of hydrogen-bond donors (Lipinski definition) is 1. The van der Waals surface area contributed by atoms with Gasteiger partial charge in [-0.25, -0.2) is 4.68 Å². The van der Waals surface area contributed by atoms with E-state index in [-0.39, 0.29) is 6.23 Å². The van der Waals surface area contributed by atoms with Crippen LogP contribution in [-0.2, 0) is 4.74 Å². The summed E-state index contributed by atoms with van der Waals surface area (Å²) in [5.41, 5.74) is 2.87. The van der Waals surface area contributed by atoms with Crippen LogP contribution < -0.4 is 0 Å². The number of nitrogens with one attached hydrogen (secondary N) is 1. The molecule has 0 spiro atoms. The third-order valence-electron chi connectivity index (χ3n) is 4.16. The van der Waals surface area contributed by atoms with Crippen LogP contribution >= 0.6 is 39.1 Å². The molecular weight excluding hydrogens is 401 g/mol. The van der Waals surface area contributed by atoms with Crippen molar-refractivity contribution in [2.24, 2.45) is 0 Å². The summed E-state index contributed by atoms with van der Waals surface area (Å²) in [6.07, 6.45) is 9.14. The summed E-state index contributed by atoms with van der Waals surface area (Å²) in [6.45, 7) is 0.798. The third kappa shape index (κ3) is 2.70. The molecule has 1 fully saturated rings. The van der Waals surface area contributed by atoms with Crippen LogP contribution in [0.5, 0.6) is 0 Å². The molecule has 0 bridgehead atoms. The van der Waals surface area contributed by atoms with Gasteiger partial charge in [-0.1, -0.05) is 39.1 Å². The number of ether oxygens (including phenoxy) is 1. The fraction of sp³-hybridized carbons (Fsp3) is 0.312. The lowest BCUT2D eigenvalue weighted by atomic mass is 10.1. The van der Waals surface area contributed by atoms with E-state index >= 15 is 0 Å². The number of H-pyrrole nitrogens is 1. The minimum absolute atomic E-state index is 0.0316. The first-order valence-electron chi connectivity index (χ1n) is 7.46. The highest BCUT2D eigenvalue weighted by Crippen LogP contribution is 2.41. The van der Waals surface area contributed by atoms with Gasteiger partial charge in [0.15, 0.2) is 0 Å². The molecule has 0 saturated carbocycles. The van der Waals surface area contributed by atoms with Gasteiger partial charge >= 0.3 is 0 Å². The lowest BCUT2D eigenvalue weighted by Gasteiger charge is -2.22. The van der Waals surface area contributed by atoms with Crippen LogP contribution in [0.25, 0.3) is 22.0 Å². The quantitative estimate of drug-likeness (QED) is 0.538. The number of rotatable bonds is 2. The van der Waals surface area contributed by atoms with E-state index in [9.17, 15) is 0 Å². The monoisotopic (exact) mass is 413 g/mol. The van der Waals surface area contributed by atoms with Gasteiger partial charge < -0.3 is 9.72 Å². The first-order valence-corrected chi connectivity index (χ1v) is 9.01. The van der Waals surface area contributed by atoms with E-state index in [0.717, 1.165) is 46.0 Å². The molecule has 1 aliphatic rings. The molecule has 0 radical (unpaired) electrons. The molecule has 120 valence electrons. The van der Waals surface area contributed by atoms with Crippen LogP contribution in [0.3, 0.4) is 0 Å². The lowest BCUT2D eigenvalue weighted by Crippen LogP contribution is -2.18. The molecule has 4 nitrogen and oxygen atoms in total. The number of benzene rings is 1. The number of aromatic amines is 1. The van der Waals surface area contributed by atoms with Crippen LogP contribution in [0.2, 0.25) is 10.0 Å². The predicted molar refractivity (Wildman–Crippen MR) is 96.1 cm³/mol. The van der Waals surface area contributed by atoms with Gasteiger partial charge in [-0.2, -0.15) is 5.10 Å². The smallest absolute Gasteiger partial charge is 0.150 e. The maximum absolute atomic E-state index is 6.30. The summed E-state index contributed by atoms with van der Waals surface area (Å²) in [7, 11) is 0. The van der Waals surface area contributed by atoms with Crippen LogP contribution in [-0.4, -0.2) is 21.4 Å². The molecular formula is C16H14BrCl2N3O. The second kappa shape index (κ2) is 6.13. The van der Waals surface area contributed by atoms with E-state index in [1.807, 2.05) is 29.3 Å². The van der Waals surface area contributed by atoms with Crippen LogP contribution in [0, 0.1) is 0 Å². The van der Waals surface area contributed by atoms with E-state index in [4.69, 9.17) is 27.9 Å². The Morgan fingerprint density at radius 1 is 1.35 bits per heavy atom. The molecule has 3 heterocycles. The summed E-state index contributed by atoms with van der Waals surface area (Å²) in [5.74, 6) is 0. The van der Waals surface area contributed by atoms with Crippen molar-refractivity contribution in [3.8, 4) is 11.1 Å². The zero-order chi connectivity index (χ0) is 16.0. The molecule has 3 aromatic rings. The highest BCUT2D eigenvalue weighted by atomic mass is 79.9. The summed E-state index contributed by atoms with van der Waals surface area (Å²) >= 11 is 16.0. The Morgan fingerprint density at radius 2 is 2.22 bits per heavy atom. The SMILES string of the molecule is Clc1cc(Br)c2c(-c3cnn(C4CCCCO4)c3)c[nH]c2c1Cl. The second-order valence-corrected chi connectivity index (χ2v) is 7.28. The van der Waals surface area contributed by atoms with Crippen molar-refractivity contribution in [1.82, 2.24) is 14.8 Å². The zero-order valence-electron chi connectivity index (χ0n) is 12.2. The molecule has 1 saturated heterocycles. The van der Waals surface area contributed by atoms with Crippen molar-refractivity contribution in [3.63, 3.8) is 0 Å². The Hall–Kier alpha value is -1.01. The molecule has 1 aliphatic heterocycles. The summed E-state index contributed by atoms with van der Waals surface area (Å²) < 4.78 is 8.59. The highest BCUT2D eigenvalue weighted by Gasteiger charge is 2.19. The summed E-state index contributed by atoms with van der Waals surface area (Å²) in [6, 6.07) is 1.82. The van der Waals surface area contributed by atoms with Crippen molar-refractivity contribution < 1.29 is 4.74 Å². The summed E-state index contributed by atoms with van der Waals surface area (Å²) in [4.78, 5) is 3.21. The minimum atomic E-state index is 0.0316. The Morgan fingerprint density at radius 3 is 3.00 bits per heavy atom. The van der Waals surface area contributed by atoms with Gasteiger partial charge in [-0.3, -0.25) is 0 Å². The van der Waals surface area contributed by atoms with Gasteiger partial charge in [0.05, 0.1) is 21.8 Å². The van der Waals surface area contributed by atoms with Gasteiger partial charge in [-0.15, -0.1) is 0 Å². The van der Waals surface area contributed by atoms with Crippen molar-refractivity contribution in [1.29, 1.82) is 0 Å². The Labute approximate surface area is 151 Å². The van der Waals surface area contributed by atoms with Crippen molar-refractivity contribution in [3.05, 3.63) is 39.2 Å². The largest absolute Gasteiger partial charge is 0.359 e. The van der Waals surface area contributed by atoms with Gasteiger partial charge in [0, 0.05) is 40.0 Å². The molecule has 7 heteroatoms. The number of halogens is 3. The molecule has 1 N–H and O–H groups in total. The topological polar surface area (TPSA) is 42.8 Å². The average Bonchev–Trinajstić information content (AvgIpc) is 3.20. The fourth-order valence-electron chi connectivity index (χ4n) is 3.01. The van der Waals surface area contributed by atoms with Crippen molar-refractivity contribution in [2.45, 2.75) is 25.5 Å². The highest BCUT2D eigenvalue weighted by molar-refractivity contribution is 9.10. The maximum Gasteiger partial charge on any atom is 0.150 e. The Kier molecular flexibility index (Phi) is 4.13. The molecule has 1 aromatic carbocycles. The second-order valence-electron chi connectivity index (χ2n) is 5.64. The first-order chi connectivity index (χ1) is 11.1. The summed E-state index contributed by atoms with van der Waals surface area (Å²) in [5, 5.41) is 6.53. The maximum atomic E-state index is 6.30. The van der Waals surface area contributed by atoms with E-state index in [0.29, 0.717) is 10.0 Å². The lowest BCUT2D eigenvalue weighted by molar-refractivity contribution is -0.0394. The molecule has 4 rings (SSSR count). The molecule has 1 atom stereocenters. The number of aromatic nitrogens is 3. The van der Waals surface area contributed by atoms with Crippen LogP contribution in [0.1, 0.15) is 25.5 Å². The predicted octanol–water partition coefficient (Wildman–Crippen LogP) is 5.80. The van der Waals surface area contributed by atoms with Crippen molar-refractivity contribution in [2.75, 3.05) is 6.61 Å².